The Morgan fingerprint density at radius 1 is 1.38 bits per heavy atom. The maximum absolute atomic E-state index is 10.9. The van der Waals surface area contributed by atoms with Gasteiger partial charge in [-0.15, -0.1) is 0 Å². The first-order valence-corrected chi connectivity index (χ1v) is 5.81. The second-order valence-electron chi connectivity index (χ2n) is 4.18. The Morgan fingerprint density at radius 3 is 2.69 bits per heavy atom. The molecule has 0 bridgehead atoms. The van der Waals surface area contributed by atoms with E-state index in [0.29, 0.717) is 0 Å². The average Bonchev–Trinajstić information content (AvgIpc) is 2.53. The minimum Gasteiger partial charge on any atom is -0.281 e. The van der Waals surface area contributed by atoms with Crippen LogP contribution in [0, 0.1) is 11.8 Å². The molecule has 1 aliphatic rings. The molecule has 1 aliphatic carbocycles. The van der Waals surface area contributed by atoms with Gasteiger partial charge in [0.25, 0.3) is 0 Å². The SMILES string of the molecule is CCCCC[C@@H]1CC[C@@H](C(=O)Cl)C1. The van der Waals surface area contributed by atoms with E-state index in [2.05, 4.69) is 6.92 Å². The third kappa shape index (κ3) is 3.68. The maximum atomic E-state index is 10.9. The molecule has 0 aromatic carbocycles. The quantitative estimate of drug-likeness (QED) is 0.490. The summed E-state index contributed by atoms with van der Waals surface area (Å²) in [4.78, 5) is 10.9. The van der Waals surface area contributed by atoms with Gasteiger partial charge in [-0.1, -0.05) is 32.6 Å². The van der Waals surface area contributed by atoms with Crippen LogP contribution in [0.1, 0.15) is 51.9 Å². The molecule has 0 aliphatic heterocycles. The molecule has 1 saturated carbocycles. The first kappa shape index (κ1) is 11.0. The van der Waals surface area contributed by atoms with Gasteiger partial charge >= 0.3 is 0 Å². The summed E-state index contributed by atoms with van der Waals surface area (Å²) in [5, 5.41) is -0.113. The molecule has 0 radical (unpaired) electrons. The summed E-state index contributed by atoms with van der Waals surface area (Å²) < 4.78 is 0. The number of carbonyl (C=O) groups is 1. The standard InChI is InChI=1S/C11H19ClO/c1-2-3-4-5-9-6-7-10(8-9)11(12)13/h9-10H,2-8H2,1H3/t9-,10-/m1/s1. The molecule has 1 rings (SSSR count). The zero-order chi connectivity index (χ0) is 9.68. The van der Waals surface area contributed by atoms with Gasteiger partial charge in [0, 0.05) is 5.92 Å². The van der Waals surface area contributed by atoms with Crippen molar-refractivity contribution >= 4 is 16.8 Å². The topological polar surface area (TPSA) is 17.1 Å². The molecule has 0 saturated heterocycles. The van der Waals surface area contributed by atoms with E-state index < -0.39 is 0 Å². The summed E-state index contributed by atoms with van der Waals surface area (Å²) in [7, 11) is 0. The molecule has 0 aromatic rings. The number of halogens is 1. The van der Waals surface area contributed by atoms with Crippen LogP contribution in [0.2, 0.25) is 0 Å². The highest BCUT2D eigenvalue weighted by molar-refractivity contribution is 6.64. The Bertz CT molecular complexity index is 167. The Balaban J connectivity index is 2.14. The summed E-state index contributed by atoms with van der Waals surface area (Å²) in [5.41, 5.74) is 0. The molecular weight excluding hydrogens is 184 g/mol. The second kappa shape index (κ2) is 5.64. The number of rotatable bonds is 5. The average molecular weight is 203 g/mol. The van der Waals surface area contributed by atoms with E-state index >= 15 is 0 Å². The van der Waals surface area contributed by atoms with Crippen molar-refractivity contribution in [1.82, 2.24) is 0 Å². The van der Waals surface area contributed by atoms with Crippen LogP contribution < -0.4 is 0 Å². The van der Waals surface area contributed by atoms with Crippen molar-refractivity contribution in [2.24, 2.45) is 11.8 Å². The summed E-state index contributed by atoms with van der Waals surface area (Å²) in [5.74, 6) is 0.951. The first-order chi connectivity index (χ1) is 6.24. The van der Waals surface area contributed by atoms with Gasteiger partial charge in [-0.05, 0) is 36.8 Å². The lowest BCUT2D eigenvalue weighted by atomic mass is 9.99. The van der Waals surface area contributed by atoms with Crippen LogP contribution in [-0.4, -0.2) is 5.24 Å². The highest BCUT2D eigenvalue weighted by Crippen LogP contribution is 2.35. The fourth-order valence-corrected chi connectivity index (χ4v) is 2.42. The van der Waals surface area contributed by atoms with E-state index in [1.54, 1.807) is 0 Å². The Kier molecular flexibility index (Phi) is 4.79. The zero-order valence-corrected chi connectivity index (χ0v) is 9.15. The van der Waals surface area contributed by atoms with Crippen LogP contribution in [0.15, 0.2) is 0 Å². The molecule has 0 spiro atoms. The van der Waals surface area contributed by atoms with E-state index in [4.69, 9.17) is 11.6 Å². The van der Waals surface area contributed by atoms with Gasteiger partial charge in [-0.3, -0.25) is 4.79 Å². The maximum Gasteiger partial charge on any atom is 0.224 e. The lowest BCUT2D eigenvalue weighted by molar-refractivity contribution is -0.115. The van der Waals surface area contributed by atoms with Gasteiger partial charge in [0.05, 0.1) is 0 Å². The first-order valence-electron chi connectivity index (χ1n) is 5.43. The van der Waals surface area contributed by atoms with Crippen molar-refractivity contribution in [2.45, 2.75) is 51.9 Å². The Labute approximate surface area is 85.8 Å². The van der Waals surface area contributed by atoms with E-state index in [1.807, 2.05) is 0 Å². The highest BCUT2D eigenvalue weighted by Gasteiger charge is 2.28. The fourth-order valence-electron chi connectivity index (χ4n) is 2.23. The molecule has 2 atom stereocenters. The molecule has 0 aromatic heterocycles. The van der Waals surface area contributed by atoms with Crippen molar-refractivity contribution in [1.29, 1.82) is 0 Å². The number of unbranched alkanes of at least 4 members (excludes halogenated alkanes) is 2. The predicted molar refractivity (Wildman–Crippen MR) is 55.8 cm³/mol. The van der Waals surface area contributed by atoms with Gasteiger partial charge in [-0.25, -0.2) is 0 Å². The van der Waals surface area contributed by atoms with Gasteiger partial charge < -0.3 is 0 Å². The van der Waals surface area contributed by atoms with Gasteiger partial charge in [0.15, 0.2) is 0 Å². The monoisotopic (exact) mass is 202 g/mol. The Morgan fingerprint density at radius 2 is 2.15 bits per heavy atom. The fraction of sp³-hybridized carbons (Fsp3) is 0.909. The summed E-state index contributed by atoms with van der Waals surface area (Å²) >= 11 is 5.47. The van der Waals surface area contributed by atoms with Gasteiger partial charge in [-0.2, -0.15) is 0 Å². The molecule has 0 amide bonds. The third-order valence-electron chi connectivity index (χ3n) is 3.08. The van der Waals surface area contributed by atoms with Crippen LogP contribution in [0.25, 0.3) is 0 Å². The molecule has 0 heterocycles. The van der Waals surface area contributed by atoms with Gasteiger partial charge in [0.1, 0.15) is 0 Å². The van der Waals surface area contributed by atoms with Crippen molar-refractivity contribution in [3.05, 3.63) is 0 Å². The largest absolute Gasteiger partial charge is 0.281 e. The summed E-state index contributed by atoms with van der Waals surface area (Å²) in [6.07, 6.45) is 8.53. The molecule has 1 fully saturated rings. The molecule has 76 valence electrons. The zero-order valence-electron chi connectivity index (χ0n) is 8.39. The van der Waals surface area contributed by atoms with Crippen molar-refractivity contribution in [3.63, 3.8) is 0 Å². The van der Waals surface area contributed by atoms with Crippen LogP contribution in [0.4, 0.5) is 0 Å². The molecule has 2 heteroatoms. The van der Waals surface area contributed by atoms with E-state index in [0.717, 1.165) is 18.8 Å². The second-order valence-corrected chi connectivity index (χ2v) is 4.55. The van der Waals surface area contributed by atoms with Crippen molar-refractivity contribution in [3.8, 4) is 0 Å². The molecule has 13 heavy (non-hydrogen) atoms. The smallest absolute Gasteiger partial charge is 0.224 e. The van der Waals surface area contributed by atoms with Crippen molar-refractivity contribution in [2.75, 3.05) is 0 Å². The minimum atomic E-state index is -0.113. The van der Waals surface area contributed by atoms with Crippen LogP contribution in [0.3, 0.4) is 0 Å². The normalized spacial score (nSPS) is 27.8. The van der Waals surface area contributed by atoms with Crippen LogP contribution in [-0.2, 0) is 4.79 Å². The van der Waals surface area contributed by atoms with E-state index in [-0.39, 0.29) is 11.2 Å². The highest BCUT2D eigenvalue weighted by atomic mass is 35.5. The summed E-state index contributed by atoms with van der Waals surface area (Å²) in [6, 6.07) is 0. The van der Waals surface area contributed by atoms with E-state index in [1.165, 1.54) is 32.1 Å². The Hall–Kier alpha value is -0.0400. The number of hydrogen-bond donors (Lipinski definition) is 0. The minimum absolute atomic E-state index is 0.113. The molecule has 0 N–H and O–H groups in total. The van der Waals surface area contributed by atoms with E-state index in [9.17, 15) is 4.79 Å². The molecule has 0 unspecified atom stereocenters. The lowest BCUT2D eigenvalue weighted by Gasteiger charge is -2.07. The lowest BCUT2D eigenvalue weighted by Crippen LogP contribution is -2.03. The number of carbonyl (C=O) groups excluding carboxylic acids is 1. The predicted octanol–water partition coefficient (Wildman–Crippen LogP) is 3.75. The van der Waals surface area contributed by atoms with Crippen LogP contribution >= 0.6 is 11.6 Å². The van der Waals surface area contributed by atoms with Gasteiger partial charge in [0.2, 0.25) is 5.24 Å². The van der Waals surface area contributed by atoms with Crippen LogP contribution in [0.5, 0.6) is 0 Å². The van der Waals surface area contributed by atoms with Crippen molar-refractivity contribution < 1.29 is 4.79 Å². The molecule has 1 nitrogen and oxygen atoms in total. The summed E-state index contributed by atoms with van der Waals surface area (Å²) in [6.45, 7) is 2.22. The number of hydrogen-bond acceptors (Lipinski definition) is 1. The molecular formula is C11H19ClO. The third-order valence-corrected chi connectivity index (χ3v) is 3.39.